The molecule has 3 rings (SSSR count). The van der Waals surface area contributed by atoms with Crippen LogP contribution < -0.4 is 9.80 Å². The van der Waals surface area contributed by atoms with Crippen LogP contribution in [0, 0.1) is 6.92 Å². The highest BCUT2D eigenvalue weighted by Crippen LogP contribution is 2.28. The van der Waals surface area contributed by atoms with Crippen LogP contribution in [0.2, 0.25) is 0 Å². The second kappa shape index (κ2) is 6.20. The summed E-state index contributed by atoms with van der Waals surface area (Å²) < 4.78 is 0. The molecule has 2 saturated heterocycles. The van der Waals surface area contributed by atoms with Gasteiger partial charge >= 0.3 is 0 Å². The summed E-state index contributed by atoms with van der Waals surface area (Å²) in [6.45, 7) is 8.99. The van der Waals surface area contributed by atoms with Gasteiger partial charge in [-0.15, -0.1) is 0 Å². The number of anilines is 2. The summed E-state index contributed by atoms with van der Waals surface area (Å²) in [5.74, 6) is 2.09. The van der Waals surface area contributed by atoms with Crippen molar-refractivity contribution in [3.63, 3.8) is 0 Å². The van der Waals surface area contributed by atoms with E-state index in [1.807, 2.05) is 6.20 Å². The largest absolute Gasteiger partial charge is 0.354 e. The van der Waals surface area contributed by atoms with E-state index in [4.69, 9.17) is 4.98 Å². The summed E-state index contributed by atoms with van der Waals surface area (Å²) in [6, 6.07) is 1.16. The molecule has 4 nitrogen and oxygen atoms in total. The first-order chi connectivity index (χ1) is 10.2. The van der Waals surface area contributed by atoms with Crippen LogP contribution in [0.5, 0.6) is 0 Å². The Morgan fingerprint density at radius 1 is 0.952 bits per heavy atom. The third kappa shape index (κ3) is 2.99. The second-order valence-electron chi connectivity index (χ2n) is 6.75. The highest BCUT2D eigenvalue weighted by Gasteiger charge is 2.25. The highest BCUT2D eigenvalue weighted by molar-refractivity contribution is 5.51. The van der Waals surface area contributed by atoms with Crippen LogP contribution in [0.1, 0.15) is 57.9 Å². The Kier molecular flexibility index (Phi) is 4.32. The van der Waals surface area contributed by atoms with Crippen molar-refractivity contribution in [3.05, 3.63) is 11.8 Å². The fraction of sp³-hybridized carbons (Fsp3) is 0.765. The van der Waals surface area contributed by atoms with Gasteiger partial charge in [-0.05, 0) is 59.3 Å². The van der Waals surface area contributed by atoms with Gasteiger partial charge in [0.05, 0.1) is 0 Å². The van der Waals surface area contributed by atoms with Gasteiger partial charge in [-0.3, -0.25) is 0 Å². The molecule has 2 aliphatic rings. The average molecular weight is 288 g/mol. The van der Waals surface area contributed by atoms with Crippen molar-refractivity contribution in [2.24, 2.45) is 0 Å². The number of hydrogen-bond acceptors (Lipinski definition) is 4. The molecule has 2 aliphatic heterocycles. The molecule has 1 aromatic heterocycles. The van der Waals surface area contributed by atoms with E-state index in [9.17, 15) is 0 Å². The Labute approximate surface area is 128 Å². The molecular formula is C17H28N4. The maximum atomic E-state index is 4.96. The monoisotopic (exact) mass is 288 g/mol. The maximum absolute atomic E-state index is 4.96. The summed E-state index contributed by atoms with van der Waals surface area (Å²) in [6.07, 6.45) is 9.77. The van der Waals surface area contributed by atoms with Crippen LogP contribution in [-0.2, 0) is 0 Å². The second-order valence-corrected chi connectivity index (χ2v) is 6.75. The van der Waals surface area contributed by atoms with Crippen molar-refractivity contribution >= 4 is 11.8 Å². The molecule has 0 saturated carbocycles. The molecule has 0 N–H and O–H groups in total. The van der Waals surface area contributed by atoms with Crippen LogP contribution in [0.25, 0.3) is 0 Å². The first-order valence-corrected chi connectivity index (χ1v) is 8.53. The minimum absolute atomic E-state index is 0.563. The highest BCUT2D eigenvalue weighted by atomic mass is 15.3. The van der Waals surface area contributed by atoms with Crippen LogP contribution in [0.3, 0.4) is 0 Å². The van der Waals surface area contributed by atoms with Gasteiger partial charge in [0.1, 0.15) is 5.82 Å². The van der Waals surface area contributed by atoms with Crippen molar-refractivity contribution in [2.45, 2.75) is 71.4 Å². The quantitative estimate of drug-likeness (QED) is 0.833. The molecule has 2 atom stereocenters. The standard InChI is InChI=1S/C17H28N4/c1-13-12-18-17(21-11-7-5-9-15(21)3)19-16(13)20-10-6-4-8-14(20)2/h12,14-15H,4-11H2,1-3H3. The van der Waals surface area contributed by atoms with E-state index in [1.165, 1.54) is 44.1 Å². The van der Waals surface area contributed by atoms with E-state index in [1.54, 1.807) is 0 Å². The molecular weight excluding hydrogens is 260 g/mol. The van der Waals surface area contributed by atoms with Crippen molar-refractivity contribution in [1.82, 2.24) is 9.97 Å². The van der Waals surface area contributed by atoms with Crippen LogP contribution >= 0.6 is 0 Å². The zero-order chi connectivity index (χ0) is 14.8. The Morgan fingerprint density at radius 3 is 2.19 bits per heavy atom. The molecule has 0 aromatic carbocycles. The van der Waals surface area contributed by atoms with Crippen LogP contribution in [-0.4, -0.2) is 35.1 Å². The van der Waals surface area contributed by atoms with E-state index >= 15 is 0 Å². The third-order valence-electron chi connectivity index (χ3n) is 5.07. The van der Waals surface area contributed by atoms with Gasteiger partial charge in [-0.1, -0.05) is 0 Å². The van der Waals surface area contributed by atoms with E-state index in [-0.39, 0.29) is 0 Å². The lowest BCUT2D eigenvalue weighted by Crippen LogP contribution is -2.41. The van der Waals surface area contributed by atoms with Crippen molar-refractivity contribution < 1.29 is 0 Å². The van der Waals surface area contributed by atoms with Crippen molar-refractivity contribution in [3.8, 4) is 0 Å². The molecule has 2 fully saturated rings. The molecule has 116 valence electrons. The minimum atomic E-state index is 0.563. The molecule has 0 spiro atoms. The Bertz CT molecular complexity index is 488. The first kappa shape index (κ1) is 14.6. The number of nitrogens with zero attached hydrogens (tertiary/aromatic N) is 4. The minimum Gasteiger partial charge on any atom is -0.354 e. The van der Waals surface area contributed by atoms with Crippen molar-refractivity contribution in [2.75, 3.05) is 22.9 Å². The molecule has 21 heavy (non-hydrogen) atoms. The number of rotatable bonds is 2. The summed E-state index contributed by atoms with van der Waals surface area (Å²) in [4.78, 5) is 14.5. The predicted molar refractivity (Wildman–Crippen MR) is 88.1 cm³/mol. The number of aryl methyl sites for hydroxylation is 1. The zero-order valence-corrected chi connectivity index (χ0v) is 13.7. The molecule has 0 aliphatic carbocycles. The van der Waals surface area contributed by atoms with Gasteiger partial charge in [0.15, 0.2) is 0 Å². The molecule has 0 bridgehead atoms. The predicted octanol–water partition coefficient (Wildman–Crippen LogP) is 3.54. The molecule has 0 radical (unpaired) electrons. The van der Waals surface area contributed by atoms with Gasteiger partial charge in [0.2, 0.25) is 5.95 Å². The van der Waals surface area contributed by atoms with Gasteiger partial charge in [-0.25, -0.2) is 4.98 Å². The van der Waals surface area contributed by atoms with E-state index in [0.717, 1.165) is 24.9 Å². The van der Waals surface area contributed by atoms with Gasteiger partial charge < -0.3 is 9.80 Å². The normalized spacial score (nSPS) is 27.0. The molecule has 3 heterocycles. The fourth-order valence-corrected chi connectivity index (χ4v) is 3.66. The van der Waals surface area contributed by atoms with Gasteiger partial charge in [0, 0.05) is 36.9 Å². The smallest absolute Gasteiger partial charge is 0.227 e. The van der Waals surface area contributed by atoms with E-state index in [2.05, 4.69) is 35.6 Å². The van der Waals surface area contributed by atoms with E-state index in [0.29, 0.717) is 12.1 Å². The third-order valence-corrected chi connectivity index (χ3v) is 5.07. The van der Waals surface area contributed by atoms with Gasteiger partial charge in [0.25, 0.3) is 0 Å². The topological polar surface area (TPSA) is 32.3 Å². The summed E-state index contributed by atoms with van der Waals surface area (Å²) in [5, 5.41) is 0. The Balaban J connectivity index is 1.88. The fourth-order valence-electron chi connectivity index (χ4n) is 3.66. The lowest BCUT2D eigenvalue weighted by molar-refractivity contribution is 0.470. The van der Waals surface area contributed by atoms with E-state index < -0.39 is 0 Å². The molecule has 2 unspecified atom stereocenters. The Morgan fingerprint density at radius 2 is 1.57 bits per heavy atom. The molecule has 0 amide bonds. The molecule has 1 aromatic rings. The SMILES string of the molecule is Cc1cnc(N2CCCCC2C)nc1N1CCCCC1C. The number of piperidine rings is 2. The average Bonchev–Trinajstić information content (AvgIpc) is 2.49. The zero-order valence-electron chi connectivity index (χ0n) is 13.7. The van der Waals surface area contributed by atoms with Gasteiger partial charge in [-0.2, -0.15) is 4.98 Å². The Hall–Kier alpha value is -1.32. The lowest BCUT2D eigenvalue weighted by Gasteiger charge is -2.37. The summed E-state index contributed by atoms with van der Waals surface area (Å²) in [5.41, 5.74) is 1.21. The summed E-state index contributed by atoms with van der Waals surface area (Å²) >= 11 is 0. The van der Waals surface area contributed by atoms with Crippen molar-refractivity contribution in [1.29, 1.82) is 0 Å². The van der Waals surface area contributed by atoms with Crippen LogP contribution in [0.15, 0.2) is 6.20 Å². The maximum Gasteiger partial charge on any atom is 0.227 e. The summed E-state index contributed by atoms with van der Waals surface area (Å²) in [7, 11) is 0. The number of hydrogen-bond donors (Lipinski definition) is 0. The lowest BCUT2D eigenvalue weighted by atomic mass is 10.0. The van der Waals surface area contributed by atoms with Crippen LogP contribution in [0.4, 0.5) is 11.8 Å². The number of aromatic nitrogens is 2. The molecule has 4 heteroatoms. The first-order valence-electron chi connectivity index (χ1n) is 8.53.